The first-order valence-electron chi connectivity index (χ1n) is 13.8. The molecule has 0 unspecified atom stereocenters. The molecule has 0 amide bonds. The highest BCUT2D eigenvalue weighted by Gasteiger charge is 2.09. The zero-order valence-electron chi connectivity index (χ0n) is 22.4. The molecular weight excluding hydrogens is 458 g/mol. The Balaban J connectivity index is 1.36. The van der Waals surface area contributed by atoms with Gasteiger partial charge < -0.3 is 9.47 Å². The van der Waals surface area contributed by atoms with E-state index in [1.54, 1.807) is 24.3 Å². The van der Waals surface area contributed by atoms with E-state index in [4.69, 9.17) is 9.47 Å². The zero-order chi connectivity index (χ0) is 26.1. The minimum Gasteiger partial charge on any atom is -0.494 e. The van der Waals surface area contributed by atoms with E-state index in [9.17, 15) is 4.79 Å². The molecule has 0 heterocycles. The summed E-state index contributed by atoms with van der Waals surface area (Å²) in [6.07, 6.45) is 13.0. The third-order valence-electron chi connectivity index (χ3n) is 6.30. The van der Waals surface area contributed by atoms with Crippen LogP contribution >= 0.6 is 0 Å². The Labute approximate surface area is 222 Å². The van der Waals surface area contributed by atoms with E-state index in [0.29, 0.717) is 17.9 Å². The van der Waals surface area contributed by atoms with Crippen molar-refractivity contribution < 1.29 is 14.3 Å². The average Bonchev–Trinajstić information content (AvgIpc) is 2.92. The van der Waals surface area contributed by atoms with E-state index in [2.05, 4.69) is 31.0 Å². The molecule has 4 nitrogen and oxygen atoms in total. The van der Waals surface area contributed by atoms with Crippen LogP contribution in [0.25, 0.3) is 0 Å². The molecule has 0 N–H and O–H groups in total. The minimum atomic E-state index is -0.382. The van der Waals surface area contributed by atoms with Crippen LogP contribution in [0, 0.1) is 0 Å². The predicted octanol–water partition coefficient (Wildman–Crippen LogP) is 8.48. The van der Waals surface area contributed by atoms with Gasteiger partial charge in [0.15, 0.2) is 0 Å². The maximum absolute atomic E-state index is 12.5. The fraction of sp³-hybridized carbons (Fsp3) is 0.394. The van der Waals surface area contributed by atoms with Gasteiger partial charge in [-0.3, -0.25) is 4.99 Å². The van der Waals surface area contributed by atoms with Crippen molar-refractivity contribution in [3.8, 4) is 11.5 Å². The number of hydrogen-bond acceptors (Lipinski definition) is 4. The minimum absolute atomic E-state index is 0.187. The summed E-state index contributed by atoms with van der Waals surface area (Å²) in [4.78, 5) is 17.2. The van der Waals surface area contributed by atoms with Crippen molar-refractivity contribution in [3.63, 3.8) is 0 Å². The van der Waals surface area contributed by atoms with E-state index in [1.807, 2.05) is 48.7 Å². The summed E-state index contributed by atoms with van der Waals surface area (Å²) in [7, 11) is 0. The maximum atomic E-state index is 12.5. The highest BCUT2D eigenvalue weighted by atomic mass is 16.5. The predicted molar refractivity (Wildman–Crippen MR) is 153 cm³/mol. The van der Waals surface area contributed by atoms with Gasteiger partial charge in [-0.25, -0.2) is 4.79 Å². The molecule has 3 rings (SSSR count). The van der Waals surface area contributed by atoms with Gasteiger partial charge in [0.25, 0.3) is 0 Å². The molecule has 3 aromatic rings. The Morgan fingerprint density at radius 3 is 2.08 bits per heavy atom. The summed E-state index contributed by atoms with van der Waals surface area (Å²) >= 11 is 0. The summed E-state index contributed by atoms with van der Waals surface area (Å²) in [6, 6.07) is 25.1. The lowest BCUT2D eigenvalue weighted by atomic mass is 10.1. The van der Waals surface area contributed by atoms with Crippen LogP contribution in [-0.2, 0) is 6.42 Å². The number of ether oxygens (including phenoxy) is 2. The second kappa shape index (κ2) is 16.4. The molecule has 0 saturated heterocycles. The number of carbonyl (C=O) groups is 1. The zero-order valence-corrected chi connectivity index (χ0v) is 22.4. The van der Waals surface area contributed by atoms with Crippen LogP contribution < -0.4 is 9.47 Å². The van der Waals surface area contributed by atoms with Crippen molar-refractivity contribution in [2.45, 2.75) is 77.7 Å². The summed E-state index contributed by atoms with van der Waals surface area (Å²) in [5.74, 6) is 0.909. The Bertz CT molecular complexity index is 1060. The molecule has 3 aromatic carbocycles. The number of rotatable bonds is 16. The molecule has 0 saturated carbocycles. The van der Waals surface area contributed by atoms with Crippen LogP contribution in [0.2, 0.25) is 0 Å². The first-order chi connectivity index (χ1) is 18.1. The van der Waals surface area contributed by atoms with Crippen molar-refractivity contribution in [1.82, 2.24) is 0 Å². The number of unbranched alkanes of at least 4 members (excludes halogenated alkanes) is 7. The van der Waals surface area contributed by atoms with E-state index in [1.165, 1.54) is 50.5 Å². The number of hydrogen-bond donors (Lipinski definition) is 0. The molecule has 1 atom stereocenters. The van der Waals surface area contributed by atoms with Crippen molar-refractivity contribution in [2.75, 3.05) is 6.61 Å². The van der Waals surface area contributed by atoms with Gasteiger partial charge in [0.2, 0.25) is 0 Å². The van der Waals surface area contributed by atoms with Crippen molar-refractivity contribution >= 4 is 12.2 Å². The number of carbonyl (C=O) groups excluding carboxylic acids is 1. The number of esters is 1. The number of benzene rings is 3. The van der Waals surface area contributed by atoms with Gasteiger partial charge in [0.1, 0.15) is 11.5 Å². The highest BCUT2D eigenvalue weighted by molar-refractivity contribution is 5.91. The Morgan fingerprint density at radius 1 is 0.784 bits per heavy atom. The molecular formula is C33H41NO3. The molecule has 37 heavy (non-hydrogen) atoms. The molecule has 0 aliphatic carbocycles. The molecule has 0 spiro atoms. The number of aliphatic imine (C=N–C) groups is 1. The second-order valence-corrected chi connectivity index (χ2v) is 9.62. The van der Waals surface area contributed by atoms with Gasteiger partial charge >= 0.3 is 5.97 Å². The fourth-order valence-corrected chi connectivity index (χ4v) is 4.12. The Hall–Kier alpha value is -3.40. The van der Waals surface area contributed by atoms with Gasteiger partial charge in [-0.2, -0.15) is 0 Å². The first-order valence-corrected chi connectivity index (χ1v) is 13.8. The molecule has 0 aliphatic heterocycles. The Morgan fingerprint density at radius 2 is 1.41 bits per heavy atom. The topological polar surface area (TPSA) is 47.9 Å². The molecule has 4 heteroatoms. The van der Waals surface area contributed by atoms with Crippen molar-refractivity contribution in [1.29, 1.82) is 0 Å². The molecule has 0 aliphatic rings. The SMILES string of the molecule is CCCCCCCCCCOc1ccc(C(=O)Oc2ccc(C=N[C@@H](C)Cc3ccccc3)cc2)cc1. The largest absolute Gasteiger partial charge is 0.494 e. The van der Waals surface area contributed by atoms with Crippen LogP contribution in [0.4, 0.5) is 0 Å². The third kappa shape index (κ3) is 11.0. The molecule has 0 fully saturated rings. The quantitative estimate of drug-likeness (QED) is 0.0859. The van der Waals surface area contributed by atoms with Crippen molar-refractivity contribution in [2.24, 2.45) is 4.99 Å². The number of nitrogens with zero attached hydrogens (tertiary/aromatic N) is 1. The third-order valence-corrected chi connectivity index (χ3v) is 6.30. The molecule has 0 bridgehead atoms. The van der Waals surface area contributed by atoms with Gasteiger partial charge in [-0.15, -0.1) is 0 Å². The normalized spacial score (nSPS) is 11.9. The van der Waals surface area contributed by atoms with Gasteiger partial charge in [0, 0.05) is 6.21 Å². The Kier molecular flexibility index (Phi) is 12.5. The smallest absolute Gasteiger partial charge is 0.343 e. The lowest BCUT2D eigenvalue weighted by Gasteiger charge is -2.08. The van der Waals surface area contributed by atoms with Crippen LogP contribution in [0.5, 0.6) is 11.5 Å². The lowest BCUT2D eigenvalue weighted by Crippen LogP contribution is -2.08. The van der Waals surface area contributed by atoms with Crippen LogP contribution in [0.1, 0.15) is 86.7 Å². The maximum Gasteiger partial charge on any atom is 0.343 e. The van der Waals surface area contributed by atoms with Crippen molar-refractivity contribution in [3.05, 3.63) is 95.6 Å². The van der Waals surface area contributed by atoms with Crippen LogP contribution in [0.15, 0.2) is 83.9 Å². The summed E-state index contributed by atoms with van der Waals surface area (Å²) in [6.45, 7) is 5.06. The van der Waals surface area contributed by atoms with Crippen LogP contribution in [-0.4, -0.2) is 24.8 Å². The second-order valence-electron chi connectivity index (χ2n) is 9.62. The van der Waals surface area contributed by atoms with E-state index in [-0.39, 0.29) is 12.0 Å². The lowest BCUT2D eigenvalue weighted by molar-refractivity contribution is 0.0734. The van der Waals surface area contributed by atoms with Gasteiger partial charge in [0.05, 0.1) is 18.2 Å². The van der Waals surface area contributed by atoms with E-state index in [0.717, 1.165) is 24.2 Å². The molecule has 0 radical (unpaired) electrons. The van der Waals surface area contributed by atoms with Gasteiger partial charge in [-0.05, 0) is 79.4 Å². The molecule has 0 aromatic heterocycles. The fourth-order valence-electron chi connectivity index (χ4n) is 4.12. The summed E-state index contributed by atoms with van der Waals surface area (Å²) < 4.78 is 11.4. The summed E-state index contributed by atoms with van der Waals surface area (Å²) in [5, 5.41) is 0. The van der Waals surface area contributed by atoms with E-state index >= 15 is 0 Å². The summed E-state index contributed by atoms with van der Waals surface area (Å²) in [5.41, 5.74) is 2.75. The first kappa shape index (κ1) is 28.2. The molecule has 196 valence electrons. The standard InChI is InChI=1S/C33H41NO3/c1-3-4-5-6-7-8-9-13-24-36-31-22-18-30(19-23-31)33(35)37-32-20-16-29(17-21-32)26-34-27(2)25-28-14-11-10-12-15-28/h10-12,14-23,26-27H,3-9,13,24-25H2,1-2H3/t27-/m0/s1. The van der Waals surface area contributed by atoms with Gasteiger partial charge in [-0.1, -0.05) is 82.2 Å². The van der Waals surface area contributed by atoms with E-state index < -0.39 is 0 Å². The monoisotopic (exact) mass is 499 g/mol. The van der Waals surface area contributed by atoms with Crippen LogP contribution in [0.3, 0.4) is 0 Å². The average molecular weight is 500 g/mol. The highest BCUT2D eigenvalue weighted by Crippen LogP contribution is 2.17.